The summed E-state index contributed by atoms with van der Waals surface area (Å²) in [5, 5.41) is 2.87. The van der Waals surface area contributed by atoms with Crippen LogP contribution in [-0.4, -0.2) is 57.5 Å². The van der Waals surface area contributed by atoms with E-state index in [4.69, 9.17) is 0 Å². The fourth-order valence-electron chi connectivity index (χ4n) is 4.32. The second-order valence-electron chi connectivity index (χ2n) is 8.63. The summed E-state index contributed by atoms with van der Waals surface area (Å²) in [6.07, 6.45) is 2.99. The third kappa shape index (κ3) is 5.54. The molecule has 2 aromatic carbocycles. The van der Waals surface area contributed by atoms with Crippen LogP contribution in [0.5, 0.6) is 0 Å². The second-order valence-corrected chi connectivity index (χ2v) is 13.4. The molecule has 34 heavy (non-hydrogen) atoms. The predicted molar refractivity (Wildman–Crippen MR) is 132 cm³/mol. The lowest BCUT2D eigenvalue weighted by Crippen LogP contribution is -2.45. The Bertz CT molecular complexity index is 1230. The van der Waals surface area contributed by atoms with E-state index in [1.807, 2.05) is 0 Å². The molecule has 1 N–H and O–H groups in total. The van der Waals surface area contributed by atoms with Gasteiger partial charge < -0.3 is 5.32 Å². The number of nitrogens with zero attached hydrogens (tertiary/aromatic N) is 2. The number of rotatable bonds is 7. The minimum Gasteiger partial charge on any atom is -0.352 e. The first-order chi connectivity index (χ1) is 16.2. The van der Waals surface area contributed by atoms with Crippen molar-refractivity contribution in [1.29, 1.82) is 0 Å². The van der Waals surface area contributed by atoms with E-state index in [0.29, 0.717) is 32.5 Å². The van der Waals surface area contributed by atoms with Crippen LogP contribution in [0.25, 0.3) is 0 Å². The quantitative estimate of drug-likeness (QED) is 0.552. The number of benzene rings is 2. The van der Waals surface area contributed by atoms with Gasteiger partial charge in [-0.15, -0.1) is 0 Å². The number of carbonyl (C=O) groups is 1. The number of piperidine rings is 1. The van der Waals surface area contributed by atoms with Crippen molar-refractivity contribution < 1.29 is 21.6 Å². The molecule has 1 atom stereocenters. The van der Waals surface area contributed by atoms with Gasteiger partial charge in [-0.3, -0.25) is 4.79 Å². The zero-order valence-corrected chi connectivity index (χ0v) is 21.9. The zero-order valence-electron chi connectivity index (χ0n) is 18.7. The predicted octanol–water partition coefficient (Wildman–Crippen LogP) is 2.95. The Morgan fingerprint density at radius 3 is 1.97 bits per heavy atom. The lowest BCUT2D eigenvalue weighted by atomic mass is 9.99. The number of amides is 1. The average molecular weight is 571 g/mol. The van der Waals surface area contributed by atoms with E-state index >= 15 is 0 Å². The molecule has 0 bridgehead atoms. The van der Waals surface area contributed by atoms with Crippen molar-refractivity contribution in [2.45, 2.75) is 42.0 Å². The molecule has 0 unspecified atom stereocenters. The Morgan fingerprint density at radius 1 is 0.824 bits per heavy atom. The number of sulfonamides is 2. The number of hydrogen-bond acceptors (Lipinski definition) is 5. The highest BCUT2D eigenvalue weighted by Crippen LogP contribution is 2.25. The molecule has 2 heterocycles. The van der Waals surface area contributed by atoms with Gasteiger partial charge in [-0.1, -0.05) is 28.1 Å². The van der Waals surface area contributed by atoms with E-state index in [1.54, 1.807) is 48.5 Å². The Morgan fingerprint density at radius 2 is 1.35 bits per heavy atom. The van der Waals surface area contributed by atoms with Crippen LogP contribution in [0.4, 0.5) is 0 Å². The molecule has 0 saturated carbocycles. The molecular weight excluding hydrogens is 542 g/mol. The largest absolute Gasteiger partial charge is 0.352 e. The third-order valence-corrected chi connectivity index (χ3v) is 10.6. The molecule has 2 aromatic rings. The summed E-state index contributed by atoms with van der Waals surface area (Å²) in [5.74, 6) is -0.640. The molecule has 2 aliphatic rings. The number of nitrogens with one attached hydrogen (secondary N) is 1. The first kappa shape index (κ1) is 25.3. The molecule has 2 saturated heterocycles. The van der Waals surface area contributed by atoms with E-state index in [0.717, 1.165) is 22.9 Å². The summed E-state index contributed by atoms with van der Waals surface area (Å²) in [6, 6.07) is 13.0. The van der Waals surface area contributed by atoms with Crippen molar-refractivity contribution >= 4 is 41.9 Å². The zero-order chi connectivity index (χ0) is 24.3. The van der Waals surface area contributed by atoms with Gasteiger partial charge in [-0.2, -0.15) is 8.61 Å². The van der Waals surface area contributed by atoms with Crippen molar-refractivity contribution in [3.63, 3.8) is 0 Å². The van der Waals surface area contributed by atoms with E-state index in [-0.39, 0.29) is 28.8 Å². The van der Waals surface area contributed by atoms with Gasteiger partial charge in [0.1, 0.15) is 0 Å². The first-order valence-electron chi connectivity index (χ1n) is 11.3. The molecule has 11 heteroatoms. The highest BCUT2D eigenvalue weighted by Gasteiger charge is 2.33. The maximum Gasteiger partial charge on any atom is 0.243 e. The van der Waals surface area contributed by atoms with Crippen molar-refractivity contribution in [3.05, 3.63) is 58.6 Å². The van der Waals surface area contributed by atoms with Gasteiger partial charge in [0, 0.05) is 37.2 Å². The molecule has 2 aliphatic heterocycles. The second kappa shape index (κ2) is 10.4. The van der Waals surface area contributed by atoms with Gasteiger partial charge in [0.2, 0.25) is 26.0 Å². The van der Waals surface area contributed by atoms with Crippen LogP contribution in [0, 0.1) is 5.92 Å². The summed E-state index contributed by atoms with van der Waals surface area (Å²) < 4.78 is 54.9. The molecule has 0 aromatic heterocycles. The van der Waals surface area contributed by atoms with Crippen molar-refractivity contribution in [2.24, 2.45) is 5.92 Å². The van der Waals surface area contributed by atoms with Crippen molar-refractivity contribution in [1.82, 2.24) is 13.9 Å². The maximum atomic E-state index is 13.0. The highest BCUT2D eigenvalue weighted by molar-refractivity contribution is 9.10. The normalized spacial score (nSPS) is 20.3. The summed E-state index contributed by atoms with van der Waals surface area (Å²) in [6.45, 7) is 1.87. The van der Waals surface area contributed by atoms with Gasteiger partial charge in [-0.25, -0.2) is 16.8 Å². The topological polar surface area (TPSA) is 104 Å². The first-order valence-corrected chi connectivity index (χ1v) is 15.0. The monoisotopic (exact) mass is 569 g/mol. The SMILES string of the molecule is O=C(NCc1ccc(S(=O)(=O)N2CCCC2)cc1)[C@@H]1CCCN(S(=O)(=O)c2ccc(Br)cc2)C1. The van der Waals surface area contributed by atoms with Gasteiger partial charge >= 0.3 is 0 Å². The summed E-state index contributed by atoms with van der Waals surface area (Å²) in [5.41, 5.74) is 0.781. The summed E-state index contributed by atoms with van der Waals surface area (Å²) in [7, 11) is -7.14. The average Bonchev–Trinajstić information content (AvgIpc) is 3.39. The molecule has 184 valence electrons. The Hall–Kier alpha value is -1.79. The molecule has 4 rings (SSSR count). The van der Waals surface area contributed by atoms with E-state index in [1.165, 1.54) is 8.61 Å². The van der Waals surface area contributed by atoms with Gasteiger partial charge in [0.25, 0.3) is 0 Å². The maximum absolute atomic E-state index is 13.0. The van der Waals surface area contributed by atoms with Gasteiger partial charge in [0.05, 0.1) is 15.7 Å². The summed E-state index contributed by atoms with van der Waals surface area (Å²) >= 11 is 3.31. The molecule has 8 nitrogen and oxygen atoms in total. The van der Waals surface area contributed by atoms with Crippen LogP contribution in [0.1, 0.15) is 31.2 Å². The van der Waals surface area contributed by atoms with Crippen LogP contribution in [0.3, 0.4) is 0 Å². The van der Waals surface area contributed by atoms with Crippen LogP contribution in [0.15, 0.2) is 62.8 Å². The van der Waals surface area contributed by atoms with Crippen LogP contribution >= 0.6 is 15.9 Å². The van der Waals surface area contributed by atoms with Crippen molar-refractivity contribution in [3.8, 4) is 0 Å². The highest BCUT2D eigenvalue weighted by atomic mass is 79.9. The van der Waals surface area contributed by atoms with Gasteiger partial charge in [-0.05, 0) is 67.6 Å². The summed E-state index contributed by atoms with van der Waals surface area (Å²) in [4.78, 5) is 13.2. The lowest BCUT2D eigenvalue weighted by molar-refractivity contribution is -0.126. The Balaban J connectivity index is 1.35. The standard InChI is InChI=1S/C23H28BrN3O5S2/c24-20-7-11-22(12-8-20)34(31,32)27-15-3-4-19(17-27)23(28)25-16-18-5-9-21(10-6-18)33(29,30)26-13-1-2-14-26/h5-12,19H,1-4,13-17H2,(H,25,28)/t19-/m1/s1. The fourth-order valence-corrected chi connectivity index (χ4v) is 7.63. The molecular formula is C23H28BrN3O5S2. The molecule has 1 amide bonds. The van der Waals surface area contributed by atoms with Crippen LogP contribution in [-0.2, 0) is 31.4 Å². The van der Waals surface area contributed by atoms with Crippen LogP contribution in [0.2, 0.25) is 0 Å². The Kier molecular flexibility index (Phi) is 7.78. The van der Waals surface area contributed by atoms with Gasteiger partial charge in [0.15, 0.2) is 0 Å². The minimum absolute atomic E-state index is 0.136. The molecule has 0 radical (unpaired) electrons. The molecule has 0 aliphatic carbocycles. The minimum atomic E-state index is -3.67. The molecule has 0 spiro atoms. The smallest absolute Gasteiger partial charge is 0.243 e. The van der Waals surface area contributed by atoms with E-state index in [2.05, 4.69) is 21.2 Å². The van der Waals surface area contributed by atoms with Crippen molar-refractivity contribution in [2.75, 3.05) is 26.2 Å². The van der Waals surface area contributed by atoms with E-state index in [9.17, 15) is 21.6 Å². The lowest BCUT2D eigenvalue weighted by Gasteiger charge is -2.31. The Labute approximate surface area is 209 Å². The van der Waals surface area contributed by atoms with E-state index < -0.39 is 26.0 Å². The van der Waals surface area contributed by atoms with Crippen LogP contribution < -0.4 is 5.32 Å². The number of carbonyl (C=O) groups excluding carboxylic acids is 1. The number of halogens is 1. The third-order valence-electron chi connectivity index (χ3n) is 6.30. The number of hydrogen-bond donors (Lipinski definition) is 1. The molecule has 2 fully saturated rings. The fraction of sp³-hybridized carbons (Fsp3) is 0.435.